The van der Waals surface area contributed by atoms with Gasteiger partial charge >= 0.3 is 0 Å². The van der Waals surface area contributed by atoms with Gasteiger partial charge in [-0.3, -0.25) is 4.68 Å². The van der Waals surface area contributed by atoms with E-state index in [0.29, 0.717) is 0 Å². The Bertz CT molecular complexity index is 299. The van der Waals surface area contributed by atoms with Crippen LogP contribution in [-0.4, -0.2) is 15.3 Å². The summed E-state index contributed by atoms with van der Waals surface area (Å²) < 4.78 is 2.04. The standard InChI is InChI=1S/C11H21N3/c1-5-11(4,12)8-10-7-9(3)13-14(10)6-2/h7H,5-6,8,12H2,1-4H3. The topological polar surface area (TPSA) is 43.8 Å². The molecule has 0 aliphatic rings. The molecule has 1 heterocycles. The van der Waals surface area contributed by atoms with E-state index in [1.54, 1.807) is 0 Å². The smallest absolute Gasteiger partial charge is 0.0596 e. The third-order valence-electron chi connectivity index (χ3n) is 2.68. The first-order valence-electron chi connectivity index (χ1n) is 5.30. The first-order chi connectivity index (χ1) is 6.48. The van der Waals surface area contributed by atoms with E-state index in [-0.39, 0.29) is 5.54 Å². The van der Waals surface area contributed by atoms with Gasteiger partial charge in [-0.25, -0.2) is 0 Å². The molecule has 0 saturated heterocycles. The van der Waals surface area contributed by atoms with Gasteiger partial charge in [0.25, 0.3) is 0 Å². The Morgan fingerprint density at radius 2 is 2.14 bits per heavy atom. The SMILES string of the molecule is CCn1nc(C)cc1CC(C)(N)CC. The minimum absolute atomic E-state index is 0.112. The summed E-state index contributed by atoms with van der Waals surface area (Å²) in [5.41, 5.74) is 8.35. The summed E-state index contributed by atoms with van der Waals surface area (Å²) in [6.07, 6.45) is 1.89. The lowest BCUT2D eigenvalue weighted by Gasteiger charge is -2.22. The molecular weight excluding hydrogens is 174 g/mol. The van der Waals surface area contributed by atoms with Gasteiger partial charge in [-0.15, -0.1) is 0 Å². The molecule has 1 rings (SSSR count). The van der Waals surface area contributed by atoms with Crippen LogP contribution in [0.25, 0.3) is 0 Å². The molecule has 80 valence electrons. The molecule has 1 atom stereocenters. The Balaban J connectivity index is 2.85. The fourth-order valence-corrected chi connectivity index (χ4v) is 1.55. The highest BCUT2D eigenvalue weighted by Crippen LogP contribution is 2.15. The molecule has 0 fully saturated rings. The van der Waals surface area contributed by atoms with Crippen LogP contribution in [0.15, 0.2) is 6.07 Å². The van der Waals surface area contributed by atoms with Crippen molar-refractivity contribution in [1.82, 2.24) is 9.78 Å². The van der Waals surface area contributed by atoms with Gasteiger partial charge in [0.15, 0.2) is 0 Å². The zero-order valence-electron chi connectivity index (χ0n) is 9.67. The average molecular weight is 195 g/mol. The van der Waals surface area contributed by atoms with E-state index in [0.717, 1.165) is 25.1 Å². The fraction of sp³-hybridized carbons (Fsp3) is 0.727. The summed E-state index contributed by atoms with van der Waals surface area (Å²) >= 11 is 0. The van der Waals surface area contributed by atoms with Gasteiger partial charge < -0.3 is 5.73 Å². The van der Waals surface area contributed by atoms with Crippen LogP contribution < -0.4 is 5.73 Å². The molecule has 0 bridgehead atoms. The van der Waals surface area contributed by atoms with Crippen LogP contribution >= 0.6 is 0 Å². The monoisotopic (exact) mass is 195 g/mol. The van der Waals surface area contributed by atoms with Crippen molar-refractivity contribution in [2.75, 3.05) is 0 Å². The van der Waals surface area contributed by atoms with Crippen molar-refractivity contribution in [3.05, 3.63) is 17.5 Å². The number of nitrogens with two attached hydrogens (primary N) is 1. The maximum atomic E-state index is 6.14. The maximum Gasteiger partial charge on any atom is 0.0596 e. The Kier molecular flexibility index (Phi) is 3.32. The van der Waals surface area contributed by atoms with E-state index in [2.05, 4.69) is 31.9 Å². The second-order valence-corrected chi connectivity index (χ2v) is 4.28. The zero-order valence-corrected chi connectivity index (χ0v) is 9.67. The molecule has 1 aromatic rings. The first-order valence-corrected chi connectivity index (χ1v) is 5.30. The summed E-state index contributed by atoms with van der Waals surface area (Å²) in [5.74, 6) is 0. The molecule has 1 unspecified atom stereocenters. The van der Waals surface area contributed by atoms with Gasteiger partial charge in [-0.05, 0) is 33.3 Å². The van der Waals surface area contributed by atoms with Gasteiger partial charge in [0, 0.05) is 24.2 Å². The molecule has 2 N–H and O–H groups in total. The highest BCUT2D eigenvalue weighted by Gasteiger charge is 2.18. The van der Waals surface area contributed by atoms with E-state index in [1.807, 2.05) is 11.6 Å². The third-order valence-corrected chi connectivity index (χ3v) is 2.68. The van der Waals surface area contributed by atoms with Crippen molar-refractivity contribution < 1.29 is 0 Å². The van der Waals surface area contributed by atoms with Gasteiger partial charge in [0.1, 0.15) is 0 Å². The van der Waals surface area contributed by atoms with Gasteiger partial charge in [-0.2, -0.15) is 5.10 Å². The van der Waals surface area contributed by atoms with Crippen LogP contribution in [0.2, 0.25) is 0 Å². The molecule has 0 aliphatic carbocycles. The van der Waals surface area contributed by atoms with Crippen LogP contribution in [-0.2, 0) is 13.0 Å². The van der Waals surface area contributed by atoms with Gasteiger partial charge in [-0.1, -0.05) is 6.92 Å². The van der Waals surface area contributed by atoms with Crippen LogP contribution in [0.1, 0.15) is 38.6 Å². The zero-order chi connectivity index (χ0) is 10.8. The molecular formula is C11H21N3. The Morgan fingerprint density at radius 3 is 2.64 bits per heavy atom. The predicted molar refractivity (Wildman–Crippen MR) is 59.2 cm³/mol. The number of aryl methyl sites for hydroxylation is 2. The van der Waals surface area contributed by atoms with E-state index < -0.39 is 0 Å². The van der Waals surface area contributed by atoms with Gasteiger partial charge in [0.05, 0.1) is 5.69 Å². The lowest BCUT2D eigenvalue weighted by molar-refractivity contribution is 0.431. The number of hydrogen-bond donors (Lipinski definition) is 1. The number of nitrogens with zero attached hydrogens (tertiary/aromatic N) is 2. The van der Waals surface area contributed by atoms with Crippen LogP contribution in [0.5, 0.6) is 0 Å². The molecule has 0 amide bonds. The summed E-state index contributed by atoms with van der Waals surface area (Å²) in [6.45, 7) is 9.27. The Morgan fingerprint density at radius 1 is 1.50 bits per heavy atom. The van der Waals surface area contributed by atoms with Crippen molar-refractivity contribution >= 4 is 0 Å². The van der Waals surface area contributed by atoms with Crippen molar-refractivity contribution in [2.24, 2.45) is 5.73 Å². The largest absolute Gasteiger partial charge is 0.325 e. The summed E-state index contributed by atoms with van der Waals surface area (Å²) in [5, 5.41) is 4.41. The van der Waals surface area contributed by atoms with Crippen molar-refractivity contribution in [2.45, 2.75) is 52.6 Å². The van der Waals surface area contributed by atoms with E-state index in [4.69, 9.17) is 5.73 Å². The molecule has 1 aromatic heterocycles. The third kappa shape index (κ3) is 2.58. The molecule has 3 nitrogen and oxygen atoms in total. The molecule has 3 heteroatoms. The highest BCUT2D eigenvalue weighted by atomic mass is 15.3. The summed E-state index contributed by atoms with van der Waals surface area (Å²) in [6, 6.07) is 2.13. The number of aromatic nitrogens is 2. The van der Waals surface area contributed by atoms with Crippen molar-refractivity contribution in [1.29, 1.82) is 0 Å². The second-order valence-electron chi connectivity index (χ2n) is 4.28. The molecule has 0 aromatic carbocycles. The molecule has 14 heavy (non-hydrogen) atoms. The highest BCUT2D eigenvalue weighted by molar-refractivity contribution is 5.12. The molecule has 0 spiro atoms. The summed E-state index contributed by atoms with van der Waals surface area (Å²) in [4.78, 5) is 0. The Hall–Kier alpha value is -0.830. The first kappa shape index (κ1) is 11.2. The predicted octanol–water partition coefficient (Wildman–Crippen LogP) is 1.88. The molecule has 0 radical (unpaired) electrons. The van der Waals surface area contributed by atoms with Crippen LogP contribution in [0.3, 0.4) is 0 Å². The quantitative estimate of drug-likeness (QED) is 0.797. The lowest BCUT2D eigenvalue weighted by atomic mass is 9.94. The van der Waals surface area contributed by atoms with Crippen LogP contribution in [0, 0.1) is 6.92 Å². The fourth-order valence-electron chi connectivity index (χ4n) is 1.55. The average Bonchev–Trinajstić information content (AvgIpc) is 2.45. The number of rotatable bonds is 4. The van der Waals surface area contributed by atoms with Crippen LogP contribution in [0.4, 0.5) is 0 Å². The van der Waals surface area contributed by atoms with Gasteiger partial charge in [0.2, 0.25) is 0 Å². The molecule has 0 aliphatic heterocycles. The number of hydrogen-bond acceptors (Lipinski definition) is 2. The maximum absolute atomic E-state index is 6.14. The summed E-state index contributed by atoms with van der Waals surface area (Å²) in [7, 11) is 0. The van der Waals surface area contributed by atoms with Crippen molar-refractivity contribution in [3.8, 4) is 0 Å². The minimum atomic E-state index is -0.112. The second kappa shape index (κ2) is 4.13. The Labute approximate surface area is 86.3 Å². The van der Waals surface area contributed by atoms with E-state index in [9.17, 15) is 0 Å². The van der Waals surface area contributed by atoms with E-state index in [1.165, 1.54) is 5.69 Å². The minimum Gasteiger partial charge on any atom is -0.325 e. The molecule has 0 saturated carbocycles. The van der Waals surface area contributed by atoms with Crippen molar-refractivity contribution in [3.63, 3.8) is 0 Å². The normalized spacial score (nSPS) is 15.5. The van der Waals surface area contributed by atoms with E-state index >= 15 is 0 Å². The lowest BCUT2D eigenvalue weighted by Crippen LogP contribution is -2.38.